The molecule has 2 unspecified atom stereocenters. The van der Waals surface area contributed by atoms with Gasteiger partial charge in [-0.3, -0.25) is 11.3 Å². The summed E-state index contributed by atoms with van der Waals surface area (Å²) in [4.78, 5) is 0. The summed E-state index contributed by atoms with van der Waals surface area (Å²) in [6, 6.07) is 3.30. The summed E-state index contributed by atoms with van der Waals surface area (Å²) in [5, 5.41) is 0. The summed E-state index contributed by atoms with van der Waals surface area (Å²) in [6.07, 6.45) is -3.83. The molecule has 19 heavy (non-hydrogen) atoms. The summed E-state index contributed by atoms with van der Waals surface area (Å²) in [5.41, 5.74) is 3.20. The van der Waals surface area contributed by atoms with Crippen molar-refractivity contribution in [2.45, 2.75) is 38.6 Å². The van der Waals surface area contributed by atoms with Crippen LogP contribution in [0.2, 0.25) is 0 Å². The van der Waals surface area contributed by atoms with E-state index in [1.54, 1.807) is 14.0 Å². The van der Waals surface area contributed by atoms with E-state index in [0.717, 1.165) is 12.1 Å². The number of ether oxygens (including phenoxy) is 1. The van der Waals surface area contributed by atoms with E-state index in [0.29, 0.717) is 17.5 Å². The van der Waals surface area contributed by atoms with Gasteiger partial charge in [0.1, 0.15) is 0 Å². The van der Waals surface area contributed by atoms with Crippen LogP contribution >= 0.6 is 0 Å². The SMILES string of the molecule is CCC(OC)C(NN)c1ccc(C(F)(F)F)cc1C. The van der Waals surface area contributed by atoms with E-state index in [1.165, 1.54) is 6.07 Å². The highest BCUT2D eigenvalue weighted by atomic mass is 19.4. The lowest BCUT2D eigenvalue weighted by Gasteiger charge is -2.26. The van der Waals surface area contributed by atoms with Gasteiger partial charge in [0.2, 0.25) is 0 Å². The Balaban J connectivity index is 3.13. The number of nitrogens with one attached hydrogen (secondary N) is 1. The van der Waals surface area contributed by atoms with Crippen molar-refractivity contribution >= 4 is 0 Å². The third-order valence-electron chi connectivity index (χ3n) is 3.19. The van der Waals surface area contributed by atoms with E-state index < -0.39 is 11.7 Å². The normalized spacial score (nSPS) is 15.3. The molecule has 0 aliphatic carbocycles. The molecule has 1 aromatic carbocycles. The van der Waals surface area contributed by atoms with E-state index in [1.807, 2.05) is 6.92 Å². The van der Waals surface area contributed by atoms with Gasteiger partial charge in [-0.15, -0.1) is 0 Å². The van der Waals surface area contributed by atoms with Crippen molar-refractivity contribution in [2.24, 2.45) is 5.84 Å². The van der Waals surface area contributed by atoms with Gasteiger partial charge in [-0.05, 0) is 36.6 Å². The summed E-state index contributed by atoms with van der Waals surface area (Å²) >= 11 is 0. The van der Waals surface area contributed by atoms with Crippen LogP contribution in [0.4, 0.5) is 13.2 Å². The molecule has 0 amide bonds. The maximum atomic E-state index is 12.6. The van der Waals surface area contributed by atoms with Crippen molar-refractivity contribution in [2.75, 3.05) is 7.11 Å². The highest BCUT2D eigenvalue weighted by Gasteiger charge is 2.31. The quantitative estimate of drug-likeness (QED) is 0.642. The van der Waals surface area contributed by atoms with Crippen LogP contribution in [0.1, 0.15) is 36.1 Å². The highest BCUT2D eigenvalue weighted by molar-refractivity contribution is 5.35. The van der Waals surface area contributed by atoms with Crippen molar-refractivity contribution in [3.05, 3.63) is 34.9 Å². The van der Waals surface area contributed by atoms with Gasteiger partial charge in [-0.1, -0.05) is 13.0 Å². The molecule has 0 saturated heterocycles. The monoisotopic (exact) mass is 276 g/mol. The molecule has 0 spiro atoms. The zero-order chi connectivity index (χ0) is 14.6. The van der Waals surface area contributed by atoms with Crippen LogP contribution < -0.4 is 11.3 Å². The summed E-state index contributed by atoms with van der Waals surface area (Å²) in [7, 11) is 1.55. The van der Waals surface area contributed by atoms with Crippen LogP contribution in [0.5, 0.6) is 0 Å². The molecule has 6 heteroatoms. The molecule has 3 N–H and O–H groups in total. The number of nitrogens with two attached hydrogens (primary N) is 1. The molecule has 3 nitrogen and oxygen atoms in total. The number of hydrazine groups is 1. The Kier molecular flexibility index (Phi) is 5.34. The van der Waals surface area contributed by atoms with E-state index in [4.69, 9.17) is 10.6 Å². The molecule has 0 saturated carbocycles. The zero-order valence-electron chi connectivity index (χ0n) is 11.2. The van der Waals surface area contributed by atoms with Gasteiger partial charge in [-0.25, -0.2) is 0 Å². The predicted octanol–water partition coefficient (Wildman–Crippen LogP) is 2.94. The van der Waals surface area contributed by atoms with Crippen LogP contribution in [-0.2, 0) is 10.9 Å². The van der Waals surface area contributed by atoms with Gasteiger partial charge in [0.15, 0.2) is 0 Å². The smallest absolute Gasteiger partial charge is 0.379 e. The fourth-order valence-corrected chi connectivity index (χ4v) is 2.14. The first-order valence-electron chi connectivity index (χ1n) is 6.01. The number of hydrogen-bond donors (Lipinski definition) is 2. The van der Waals surface area contributed by atoms with E-state index in [-0.39, 0.29) is 12.1 Å². The second kappa shape index (κ2) is 6.36. The fourth-order valence-electron chi connectivity index (χ4n) is 2.14. The van der Waals surface area contributed by atoms with E-state index >= 15 is 0 Å². The lowest BCUT2D eigenvalue weighted by atomic mass is 9.94. The second-order valence-electron chi connectivity index (χ2n) is 4.40. The minimum atomic E-state index is -4.33. The second-order valence-corrected chi connectivity index (χ2v) is 4.40. The highest BCUT2D eigenvalue weighted by Crippen LogP contribution is 2.32. The van der Waals surface area contributed by atoms with Crippen LogP contribution in [-0.4, -0.2) is 13.2 Å². The first kappa shape index (κ1) is 15.9. The Bertz CT molecular complexity index is 417. The fraction of sp³-hybridized carbons (Fsp3) is 0.538. The summed E-state index contributed by atoms with van der Waals surface area (Å²) in [6.45, 7) is 3.56. The predicted molar refractivity (Wildman–Crippen MR) is 67.3 cm³/mol. The third-order valence-corrected chi connectivity index (χ3v) is 3.19. The van der Waals surface area contributed by atoms with E-state index in [2.05, 4.69) is 5.43 Å². The largest absolute Gasteiger partial charge is 0.416 e. The topological polar surface area (TPSA) is 47.3 Å². The number of aryl methyl sites for hydroxylation is 1. The molecule has 2 atom stereocenters. The summed E-state index contributed by atoms with van der Waals surface area (Å²) < 4.78 is 43.1. The minimum absolute atomic E-state index is 0.194. The maximum Gasteiger partial charge on any atom is 0.416 e. The van der Waals surface area contributed by atoms with Crippen LogP contribution in [0, 0.1) is 6.92 Å². The Morgan fingerprint density at radius 2 is 2.00 bits per heavy atom. The van der Waals surface area contributed by atoms with Crippen molar-refractivity contribution in [3.8, 4) is 0 Å². The van der Waals surface area contributed by atoms with E-state index in [9.17, 15) is 13.2 Å². The number of halogens is 3. The molecule has 1 rings (SSSR count). The Hall–Kier alpha value is -1.11. The van der Waals surface area contributed by atoms with Gasteiger partial charge in [0.05, 0.1) is 17.7 Å². The van der Waals surface area contributed by atoms with Gasteiger partial charge in [-0.2, -0.15) is 13.2 Å². The van der Waals surface area contributed by atoms with Gasteiger partial charge in [0.25, 0.3) is 0 Å². The van der Waals surface area contributed by atoms with Crippen LogP contribution in [0.15, 0.2) is 18.2 Å². The molecule has 0 fully saturated rings. The third kappa shape index (κ3) is 3.68. The first-order chi connectivity index (χ1) is 8.85. The Morgan fingerprint density at radius 1 is 1.37 bits per heavy atom. The number of rotatable bonds is 5. The number of benzene rings is 1. The Labute approximate surface area is 110 Å². The lowest BCUT2D eigenvalue weighted by Crippen LogP contribution is -2.37. The average molecular weight is 276 g/mol. The Morgan fingerprint density at radius 3 is 2.37 bits per heavy atom. The van der Waals surface area contributed by atoms with Crippen molar-refractivity contribution in [1.82, 2.24) is 5.43 Å². The van der Waals surface area contributed by atoms with Crippen molar-refractivity contribution in [1.29, 1.82) is 0 Å². The lowest BCUT2D eigenvalue weighted by molar-refractivity contribution is -0.137. The van der Waals surface area contributed by atoms with Gasteiger partial charge >= 0.3 is 6.18 Å². The molecule has 108 valence electrons. The average Bonchev–Trinajstić information content (AvgIpc) is 2.35. The molecule has 0 heterocycles. The first-order valence-corrected chi connectivity index (χ1v) is 6.01. The van der Waals surface area contributed by atoms with Gasteiger partial charge in [0, 0.05) is 7.11 Å². The van der Waals surface area contributed by atoms with Gasteiger partial charge < -0.3 is 4.74 Å². The maximum absolute atomic E-state index is 12.6. The molecule has 0 aliphatic rings. The standard InChI is InChI=1S/C13H19F3N2O/c1-4-11(19-3)12(18-17)10-6-5-9(7-8(10)2)13(14,15)16/h5-7,11-12,18H,4,17H2,1-3H3. The number of methoxy groups -OCH3 is 1. The number of hydrogen-bond acceptors (Lipinski definition) is 3. The number of alkyl halides is 3. The molecule has 0 bridgehead atoms. The molecular formula is C13H19F3N2O. The van der Waals surface area contributed by atoms with Crippen molar-refractivity contribution in [3.63, 3.8) is 0 Å². The summed E-state index contributed by atoms with van der Waals surface area (Å²) in [5.74, 6) is 5.50. The van der Waals surface area contributed by atoms with Crippen LogP contribution in [0.3, 0.4) is 0 Å². The molecule has 0 radical (unpaired) electrons. The van der Waals surface area contributed by atoms with Crippen molar-refractivity contribution < 1.29 is 17.9 Å². The zero-order valence-corrected chi connectivity index (χ0v) is 11.2. The molecule has 0 aliphatic heterocycles. The van der Waals surface area contributed by atoms with Crippen LogP contribution in [0.25, 0.3) is 0 Å². The molecule has 0 aromatic heterocycles. The molecular weight excluding hydrogens is 257 g/mol. The minimum Gasteiger partial charge on any atom is -0.379 e. The molecule has 1 aromatic rings.